The molecule has 26 heavy (non-hydrogen) atoms. The van der Waals surface area contributed by atoms with Crippen molar-refractivity contribution in [2.75, 3.05) is 18.4 Å². The van der Waals surface area contributed by atoms with Gasteiger partial charge in [-0.05, 0) is 25.0 Å². The van der Waals surface area contributed by atoms with E-state index in [-0.39, 0.29) is 22.4 Å². The number of para-hydroxylation sites is 1. The average molecular weight is 371 g/mol. The Morgan fingerprint density at radius 1 is 1.23 bits per heavy atom. The van der Waals surface area contributed by atoms with Crippen LogP contribution in [-0.4, -0.2) is 48.1 Å². The molecular formula is C17H17N5O3S. The van der Waals surface area contributed by atoms with Crippen molar-refractivity contribution >= 4 is 27.5 Å². The van der Waals surface area contributed by atoms with Crippen LogP contribution in [0, 0.1) is 5.92 Å². The predicted octanol–water partition coefficient (Wildman–Crippen LogP) is 1.54. The molecule has 0 radical (unpaired) electrons. The Hall–Kier alpha value is -2.81. The summed E-state index contributed by atoms with van der Waals surface area (Å²) in [5.41, 5.74) is 0.805. The molecule has 134 valence electrons. The zero-order chi connectivity index (χ0) is 18.1. The fourth-order valence-electron chi connectivity index (χ4n) is 3.27. The lowest BCUT2D eigenvalue weighted by molar-refractivity contribution is 0.0696. The van der Waals surface area contributed by atoms with E-state index in [1.165, 1.54) is 24.7 Å². The van der Waals surface area contributed by atoms with Crippen LogP contribution in [0.2, 0.25) is 0 Å². The van der Waals surface area contributed by atoms with Crippen LogP contribution in [0.25, 0.3) is 0 Å². The molecule has 0 saturated carbocycles. The van der Waals surface area contributed by atoms with Gasteiger partial charge in [0, 0.05) is 31.4 Å². The van der Waals surface area contributed by atoms with Crippen molar-refractivity contribution in [2.45, 2.75) is 17.7 Å². The number of piperidine rings is 1. The van der Waals surface area contributed by atoms with Crippen molar-refractivity contribution in [3.8, 4) is 0 Å². The third kappa shape index (κ3) is 3.05. The van der Waals surface area contributed by atoms with Crippen LogP contribution in [0.4, 0.5) is 5.69 Å². The highest BCUT2D eigenvalue weighted by Crippen LogP contribution is 2.30. The maximum absolute atomic E-state index is 12.6. The number of sulfonamides is 1. The highest BCUT2D eigenvalue weighted by molar-refractivity contribution is 7.90. The van der Waals surface area contributed by atoms with Gasteiger partial charge in [0.25, 0.3) is 15.9 Å². The van der Waals surface area contributed by atoms with Gasteiger partial charge in [-0.15, -0.1) is 4.40 Å². The van der Waals surface area contributed by atoms with Crippen LogP contribution >= 0.6 is 0 Å². The summed E-state index contributed by atoms with van der Waals surface area (Å²) in [6, 6.07) is 6.69. The number of rotatable bonds is 2. The summed E-state index contributed by atoms with van der Waals surface area (Å²) >= 11 is 0. The number of nitrogens with zero attached hydrogens (tertiary/aromatic N) is 4. The first-order valence-electron chi connectivity index (χ1n) is 8.31. The molecule has 4 rings (SSSR count). The number of likely N-dealkylation sites (tertiary alicyclic amines) is 1. The predicted molar refractivity (Wildman–Crippen MR) is 95.3 cm³/mol. The standard InChI is InChI=1S/C17H17N5O3S/c23-17(14-10-18-7-8-19-14)22-9-3-4-12(11-22)16-20-13-5-1-2-6-15(13)26(24,25)21-16/h1-2,5-8,10,12H,3-4,9,11H2,(H,20,21)/t12-/m0/s1. The number of amidine groups is 1. The van der Waals surface area contributed by atoms with E-state index in [1.54, 1.807) is 23.1 Å². The lowest BCUT2D eigenvalue weighted by atomic mass is 9.96. The average Bonchev–Trinajstić information content (AvgIpc) is 2.68. The van der Waals surface area contributed by atoms with Crippen molar-refractivity contribution in [1.29, 1.82) is 0 Å². The summed E-state index contributed by atoms with van der Waals surface area (Å²) in [6.45, 7) is 0.988. The second-order valence-electron chi connectivity index (χ2n) is 6.25. The third-order valence-electron chi connectivity index (χ3n) is 4.52. The number of hydrogen-bond donors (Lipinski definition) is 1. The molecule has 1 atom stereocenters. The van der Waals surface area contributed by atoms with E-state index < -0.39 is 10.0 Å². The van der Waals surface area contributed by atoms with Gasteiger partial charge in [-0.1, -0.05) is 12.1 Å². The normalized spacial score (nSPS) is 21.3. The fourth-order valence-corrected chi connectivity index (χ4v) is 4.47. The topological polar surface area (TPSA) is 105 Å². The van der Waals surface area contributed by atoms with Crippen molar-refractivity contribution < 1.29 is 13.2 Å². The van der Waals surface area contributed by atoms with Gasteiger partial charge in [0.15, 0.2) is 0 Å². The Morgan fingerprint density at radius 2 is 2.08 bits per heavy atom. The van der Waals surface area contributed by atoms with E-state index in [0.29, 0.717) is 24.6 Å². The molecular weight excluding hydrogens is 354 g/mol. The van der Waals surface area contributed by atoms with Crippen LogP contribution < -0.4 is 5.32 Å². The maximum atomic E-state index is 12.6. The van der Waals surface area contributed by atoms with Gasteiger partial charge in [-0.25, -0.2) is 4.98 Å². The lowest BCUT2D eigenvalue weighted by Gasteiger charge is -2.34. The molecule has 1 N–H and O–H groups in total. The number of hydrogen-bond acceptors (Lipinski definition) is 6. The lowest BCUT2D eigenvalue weighted by Crippen LogP contribution is -2.44. The summed E-state index contributed by atoms with van der Waals surface area (Å²) in [4.78, 5) is 22.4. The first-order chi connectivity index (χ1) is 12.5. The molecule has 0 spiro atoms. The number of benzene rings is 1. The second-order valence-corrected chi connectivity index (χ2v) is 7.83. The number of nitrogens with one attached hydrogen (secondary N) is 1. The summed E-state index contributed by atoms with van der Waals surface area (Å²) < 4.78 is 28.8. The molecule has 0 bridgehead atoms. The number of anilines is 1. The van der Waals surface area contributed by atoms with Crippen molar-refractivity contribution in [1.82, 2.24) is 14.9 Å². The van der Waals surface area contributed by atoms with Gasteiger partial charge in [-0.3, -0.25) is 9.78 Å². The molecule has 0 aliphatic carbocycles. The Balaban J connectivity index is 1.57. The van der Waals surface area contributed by atoms with Crippen LogP contribution in [0.5, 0.6) is 0 Å². The molecule has 8 nitrogen and oxygen atoms in total. The Bertz CT molecular complexity index is 975. The second kappa shape index (κ2) is 6.49. The van der Waals surface area contributed by atoms with E-state index in [0.717, 1.165) is 12.8 Å². The number of amides is 1. The largest absolute Gasteiger partial charge is 0.342 e. The minimum Gasteiger partial charge on any atom is -0.342 e. The smallest absolute Gasteiger partial charge is 0.286 e. The van der Waals surface area contributed by atoms with Crippen LogP contribution in [-0.2, 0) is 10.0 Å². The quantitative estimate of drug-likeness (QED) is 0.859. The van der Waals surface area contributed by atoms with E-state index in [1.807, 2.05) is 0 Å². The van der Waals surface area contributed by atoms with Crippen molar-refractivity contribution in [3.63, 3.8) is 0 Å². The highest BCUT2D eigenvalue weighted by Gasteiger charge is 2.33. The monoisotopic (exact) mass is 371 g/mol. The van der Waals surface area contributed by atoms with Gasteiger partial charge >= 0.3 is 0 Å². The number of carbonyl (C=O) groups excluding carboxylic acids is 1. The Labute approximate surface area is 151 Å². The summed E-state index contributed by atoms with van der Waals surface area (Å²) in [5, 5.41) is 3.13. The van der Waals surface area contributed by atoms with Crippen molar-refractivity contribution in [3.05, 3.63) is 48.5 Å². The maximum Gasteiger partial charge on any atom is 0.286 e. The SMILES string of the molecule is O=C(c1cnccn1)N1CCC[C@H](C2=NS(=O)(=O)c3ccccc3N2)C1. The fraction of sp³-hybridized carbons (Fsp3) is 0.294. The van der Waals surface area contributed by atoms with Gasteiger partial charge in [0.05, 0.1) is 11.9 Å². The van der Waals surface area contributed by atoms with Gasteiger partial charge in [-0.2, -0.15) is 8.42 Å². The van der Waals surface area contributed by atoms with Crippen molar-refractivity contribution in [2.24, 2.45) is 10.3 Å². The van der Waals surface area contributed by atoms with Crippen LogP contribution in [0.1, 0.15) is 23.3 Å². The molecule has 0 unspecified atom stereocenters. The molecule has 1 amide bonds. The molecule has 2 aliphatic rings. The molecule has 1 aromatic heterocycles. The van der Waals surface area contributed by atoms with Gasteiger partial charge in [0.2, 0.25) is 0 Å². The Kier molecular flexibility index (Phi) is 4.15. The Morgan fingerprint density at radius 3 is 2.88 bits per heavy atom. The molecule has 1 fully saturated rings. The number of fused-ring (bicyclic) bond motifs is 1. The molecule has 1 saturated heterocycles. The molecule has 2 aliphatic heterocycles. The van der Waals surface area contributed by atoms with Gasteiger partial charge < -0.3 is 10.2 Å². The molecule has 1 aromatic carbocycles. The summed E-state index contributed by atoms with van der Waals surface area (Å²) in [6.07, 6.45) is 5.94. The van der Waals surface area contributed by atoms with E-state index in [9.17, 15) is 13.2 Å². The van der Waals surface area contributed by atoms with E-state index >= 15 is 0 Å². The molecule has 2 aromatic rings. The first kappa shape index (κ1) is 16.6. The summed E-state index contributed by atoms with van der Waals surface area (Å²) in [5.74, 6) is 0.00955. The van der Waals surface area contributed by atoms with Gasteiger partial charge in [0.1, 0.15) is 16.4 Å². The highest BCUT2D eigenvalue weighted by atomic mass is 32.2. The molecule has 9 heteroatoms. The van der Waals surface area contributed by atoms with Crippen LogP contribution in [0.15, 0.2) is 52.1 Å². The zero-order valence-electron chi connectivity index (χ0n) is 13.9. The summed E-state index contributed by atoms with van der Waals surface area (Å²) in [7, 11) is -3.73. The van der Waals surface area contributed by atoms with E-state index in [2.05, 4.69) is 19.7 Å². The number of carbonyl (C=O) groups is 1. The number of aromatic nitrogens is 2. The van der Waals surface area contributed by atoms with E-state index in [4.69, 9.17) is 0 Å². The third-order valence-corrected chi connectivity index (χ3v) is 5.87. The minimum absolute atomic E-state index is 0.173. The van der Waals surface area contributed by atoms with Crippen LogP contribution in [0.3, 0.4) is 0 Å². The molecule has 3 heterocycles. The first-order valence-corrected chi connectivity index (χ1v) is 9.75. The minimum atomic E-state index is -3.73. The zero-order valence-corrected chi connectivity index (χ0v) is 14.7.